The molecule has 0 bridgehead atoms. The highest BCUT2D eigenvalue weighted by Crippen LogP contribution is 2.14. The van der Waals surface area contributed by atoms with Crippen LogP contribution in [0.3, 0.4) is 0 Å². The van der Waals surface area contributed by atoms with E-state index in [0.717, 1.165) is 51.4 Å². The second kappa shape index (κ2) is 15.2. The van der Waals surface area contributed by atoms with Crippen LogP contribution in [-0.2, 0) is 19.2 Å². The summed E-state index contributed by atoms with van der Waals surface area (Å²) < 4.78 is 9.35. The Morgan fingerprint density at radius 3 is 1.83 bits per heavy atom. The second-order valence-corrected chi connectivity index (χ2v) is 6.11. The van der Waals surface area contributed by atoms with Gasteiger partial charge in [-0.15, -0.1) is 0 Å². The van der Waals surface area contributed by atoms with Crippen LogP contribution in [0.4, 0.5) is 9.59 Å². The summed E-state index contributed by atoms with van der Waals surface area (Å²) in [5.74, 6) is 0.613. The molecule has 0 saturated heterocycles. The minimum Gasteiger partial charge on any atom is -0.434 e. The first-order chi connectivity index (χ1) is 11.6. The standard InChI is InChI=1S/C18H34O6/c1-5-9-11-15(7-3)13-21-17(19)23-18(20)24-22-14-16(8-4)12-10-6-2/h15-16H,5-14H2,1-4H3. The van der Waals surface area contributed by atoms with Crippen LogP contribution >= 0.6 is 0 Å². The Morgan fingerprint density at radius 1 is 0.792 bits per heavy atom. The van der Waals surface area contributed by atoms with Crippen molar-refractivity contribution in [1.29, 1.82) is 0 Å². The molecule has 0 aliphatic heterocycles. The molecule has 0 heterocycles. The van der Waals surface area contributed by atoms with Gasteiger partial charge in [0.05, 0.1) is 13.2 Å². The third-order valence-corrected chi connectivity index (χ3v) is 4.12. The van der Waals surface area contributed by atoms with Gasteiger partial charge in [0.1, 0.15) is 0 Å². The highest BCUT2D eigenvalue weighted by molar-refractivity contribution is 5.76. The van der Waals surface area contributed by atoms with Crippen molar-refractivity contribution in [3.63, 3.8) is 0 Å². The Hall–Kier alpha value is -1.30. The van der Waals surface area contributed by atoms with E-state index in [-0.39, 0.29) is 12.5 Å². The van der Waals surface area contributed by atoms with Crippen molar-refractivity contribution < 1.29 is 28.8 Å². The van der Waals surface area contributed by atoms with Crippen LogP contribution in [-0.4, -0.2) is 25.5 Å². The molecule has 0 amide bonds. The Kier molecular flexibility index (Phi) is 14.4. The summed E-state index contributed by atoms with van der Waals surface area (Å²) in [6, 6.07) is 0. The molecular weight excluding hydrogens is 312 g/mol. The molecule has 6 heteroatoms. The van der Waals surface area contributed by atoms with Gasteiger partial charge in [0.25, 0.3) is 0 Å². The first-order valence-electron chi connectivity index (χ1n) is 9.25. The minimum absolute atomic E-state index is 0.248. The molecule has 0 rings (SSSR count). The molecule has 0 saturated carbocycles. The molecule has 2 unspecified atom stereocenters. The van der Waals surface area contributed by atoms with Crippen molar-refractivity contribution in [2.75, 3.05) is 13.2 Å². The van der Waals surface area contributed by atoms with Crippen molar-refractivity contribution in [1.82, 2.24) is 0 Å². The summed E-state index contributed by atoms with van der Waals surface area (Å²) in [6.45, 7) is 8.89. The van der Waals surface area contributed by atoms with Crippen LogP contribution in [0, 0.1) is 11.8 Å². The predicted molar refractivity (Wildman–Crippen MR) is 91.5 cm³/mol. The minimum atomic E-state index is -1.19. The summed E-state index contributed by atoms with van der Waals surface area (Å²) in [4.78, 5) is 32.1. The number of carbonyl (C=O) groups excluding carboxylic acids is 2. The van der Waals surface area contributed by atoms with Crippen molar-refractivity contribution in [2.24, 2.45) is 11.8 Å². The first kappa shape index (κ1) is 22.7. The highest BCUT2D eigenvalue weighted by atomic mass is 17.2. The maximum absolute atomic E-state index is 11.4. The maximum atomic E-state index is 11.4. The first-order valence-corrected chi connectivity index (χ1v) is 9.25. The van der Waals surface area contributed by atoms with E-state index in [1.807, 2.05) is 6.92 Å². The Bertz CT molecular complexity index is 331. The van der Waals surface area contributed by atoms with Crippen LogP contribution in [0.2, 0.25) is 0 Å². The monoisotopic (exact) mass is 346 g/mol. The smallest absolute Gasteiger partial charge is 0.434 e. The third-order valence-electron chi connectivity index (χ3n) is 4.12. The van der Waals surface area contributed by atoms with Gasteiger partial charge in [-0.2, -0.15) is 4.89 Å². The molecule has 0 aromatic carbocycles. The van der Waals surface area contributed by atoms with Crippen molar-refractivity contribution in [2.45, 2.75) is 79.1 Å². The summed E-state index contributed by atoms with van der Waals surface area (Å²) in [6.07, 6.45) is 6.03. The van der Waals surface area contributed by atoms with Gasteiger partial charge >= 0.3 is 12.3 Å². The van der Waals surface area contributed by atoms with Crippen LogP contribution in [0.25, 0.3) is 0 Å². The topological polar surface area (TPSA) is 71.1 Å². The quantitative estimate of drug-likeness (QED) is 0.186. The van der Waals surface area contributed by atoms with Gasteiger partial charge < -0.3 is 9.47 Å². The van der Waals surface area contributed by atoms with Gasteiger partial charge in [-0.25, -0.2) is 9.59 Å². The van der Waals surface area contributed by atoms with Gasteiger partial charge in [0.2, 0.25) is 0 Å². The molecule has 0 fully saturated rings. The second-order valence-electron chi connectivity index (χ2n) is 6.11. The van der Waals surface area contributed by atoms with Gasteiger partial charge in [-0.1, -0.05) is 66.2 Å². The zero-order chi connectivity index (χ0) is 18.2. The molecule has 0 aliphatic rings. The molecular formula is C18H34O6. The maximum Gasteiger partial charge on any atom is 0.550 e. The summed E-state index contributed by atoms with van der Waals surface area (Å²) in [7, 11) is 0. The van der Waals surface area contributed by atoms with E-state index < -0.39 is 12.3 Å². The van der Waals surface area contributed by atoms with E-state index in [2.05, 4.69) is 30.4 Å². The van der Waals surface area contributed by atoms with Gasteiger partial charge in [0, 0.05) is 0 Å². The highest BCUT2D eigenvalue weighted by Gasteiger charge is 2.17. The molecule has 0 radical (unpaired) electrons. The fourth-order valence-electron chi connectivity index (χ4n) is 2.27. The zero-order valence-electron chi connectivity index (χ0n) is 15.7. The van der Waals surface area contributed by atoms with Crippen LogP contribution in [0.15, 0.2) is 0 Å². The van der Waals surface area contributed by atoms with Crippen LogP contribution in [0.1, 0.15) is 79.1 Å². The number of unbranched alkanes of at least 4 members (excludes halogenated alkanes) is 2. The van der Waals surface area contributed by atoms with Crippen molar-refractivity contribution >= 4 is 12.3 Å². The van der Waals surface area contributed by atoms with E-state index in [1.165, 1.54) is 0 Å². The number of rotatable bonds is 13. The van der Waals surface area contributed by atoms with Gasteiger partial charge in [-0.05, 0) is 24.7 Å². The van der Waals surface area contributed by atoms with E-state index >= 15 is 0 Å². The van der Waals surface area contributed by atoms with E-state index in [1.54, 1.807) is 0 Å². The lowest BCUT2D eigenvalue weighted by molar-refractivity contribution is -0.259. The van der Waals surface area contributed by atoms with Gasteiger partial charge in [0.15, 0.2) is 0 Å². The molecule has 142 valence electrons. The van der Waals surface area contributed by atoms with Gasteiger partial charge in [-0.3, -0.25) is 4.89 Å². The van der Waals surface area contributed by atoms with Crippen molar-refractivity contribution in [3.05, 3.63) is 0 Å². The fraction of sp³-hybridized carbons (Fsp3) is 0.889. The average molecular weight is 346 g/mol. The molecule has 6 nitrogen and oxygen atoms in total. The van der Waals surface area contributed by atoms with Crippen LogP contribution < -0.4 is 0 Å². The average Bonchev–Trinajstić information content (AvgIpc) is 2.58. The predicted octanol–water partition coefficient (Wildman–Crippen LogP) is 5.64. The lowest BCUT2D eigenvalue weighted by Gasteiger charge is -2.14. The molecule has 0 N–H and O–H groups in total. The number of hydrogen-bond acceptors (Lipinski definition) is 6. The van der Waals surface area contributed by atoms with Crippen molar-refractivity contribution in [3.8, 4) is 0 Å². The Labute approximate surface area is 146 Å². The number of ether oxygens (including phenoxy) is 2. The lowest BCUT2D eigenvalue weighted by atomic mass is 10.0. The summed E-state index contributed by atoms with van der Waals surface area (Å²) in [5, 5.41) is 0. The van der Waals surface area contributed by atoms with E-state index in [0.29, 0.717) is 12.5 Å². The molecule has 0 aromatic rings. The number of carbonyl (C=O) groups is 2. The normalized spacial score (nSPS) is 13.2. The largest absolute Gasteiger partial charge is 0.550 e. The summed E-state index contributed by atoms with van der Waals surface area (Å²) in [5.41, 5.74) is 0. The van der Waals surface area contributed by atoms with Crippen LogP contribution in [0.5, 0.6) is 0 Å². The molecule has 0 aliphatic carbocycles. The fourth-order valence-corrected chi connectivity index (χ4v) is 2.27. The third kappa shape index (κ3) is 12.2. The molecule has 0 spiro atoms. The Balaban J connectivity index is 3.87. The van der Waals surface area contributed by atoms with E-state index in [4.69, 9.17) is 9.62 Å². The summed E-state index contributed by atoms with van der Waals surface area (Å²) >= 11 is 0. The SMILES string of the molecule is CCCCC(CC)COOC(=O)OC(=O)OCC(CC)CCCC. The number of hydrogen-bond donors (Lipinski definition) is 0. The molecule has 2 atom stereocenters. The zero-order valence-corrected chi connectivity index (χ0v) is 15.7. The Morgan fingerprint density at radius 2 is 1.33 bits per heavy atom. The lowest BCUT2D eigenvalue weighted by Crippen LogP contribution is -2.20. The van der Waals surface area contributed by atoms with E-state index in [9.17, 15) is 9.59 Å². The molecule has 0 aromatic heterocycles. The molecule has 24 heavy (non-hydrogen) atoms.